The van der Waals surface area contributed by atoms with Gasteiger partial charge in [0.05, 0.1) is 12.9 Å². The zero-order valence-corrected chi connectivity index (χ0v) is 15.6. The average Bonchev–Trinajstić information content (AvgIpc) is 2.35. The van der Waals surface area contributed by atoms with E-state index in [4.69, 9.17) is 18.3 Å². The number of esters is 1. The van der Waals surface area contributed by atoms with Crippen molar-refractivity contribution in [1.82, 2.24) is 0 Å². The first kappa shape index (κ1) is 17.5. The minimum Gasteiger partial charge on any atom is -0.493 e. The maximum Gasteiger partial charge on any atom is 0.349 e. The molecule has 3 atom stereocenters. The van der Waals surface area contributed by atoms with Crippen molar-refractivity contribution in [3.8, 4) is 0 Å². The third kappa shape index (κ3) is 2.96. The number of ether oxygens (including phenoxy) is 2. The fourth-order valence-corrected chi connectivity index (χ4v) is 8.49. The predicted octanol–water partition coefficient (Wildman–Crippen LogP) is 3.29. The lowest BCUT2D eigenvalue weighted by Gasteiger charge is -2.55. The summed E-state index contributed by atoms with van der Waals surface area (Å²) in [6.45, 7) is 14.8. The molecule has 3 unspecified atom stereocenters. The maximum absolute atomic E-state index is 11.4. The van der Waals surface area contributed by atoms with E-state index >= 15 is 0 Å². The smallest absolute Gasteiger partial charge is 0.349 e. The van der Waals surface area contributed by atoms with Crippen LogP contribution in [0, 0.1) is 0 Å². The normalized spacial score (nSPS) is 31.1. The van der Waals surface area contributed by atoms with Gasteiger partial charge in [0.2, 0.25) is 0 Å². The number of carbonyl (C=O) groups is 1. The first-order chi connectivity index (χ1) is 9.98. The van der Waals surface area contributed by atoms with Gasteiger partial charge < -0.3 is 18.3 Å². The minimum absolute atomic E-state index is 0.113. The van der Waals surface area contributed by atoms with Crippen molar-refractivity contribution < 1.29 is 23.1 Å². The fourth-order valence-electron chi connectivity index (χ4n) is 3.53. The van der Waals surface area contributed by atoms with E-state index in [1.165, 1.54) is 6.92 Å². The van der Waals surface area contributed by atoms with E-state index in [1.807, 2.05) is 0 Å². The molecular formula is C16H28O5Si. The van der Waals surface area contributed by atoms with Gasteiger partial charge in [0, 0.05) is 17.0 Å². The van der Waals surface area contributed by atoms with Crippen LogP contribution >= 0.6 is 0 Å². The summed E-state index contributed by atoms with van der Waals surface area (Å²) in [6, 6.07) is 0. The largest absolute Gasteiger partial charge is 0.493 e. The van der Waals surface area contributed by atoms with Crippen LogP contribution in [0.5, 0.6) is 0 Å². The maximum atomic E-state index is 11.4. The number of fused-ring (bicyclic) bond motifs is 1. The molecule has 2 rings (SSSR count). The molecule has 0 N–H and O–H groups in total. The molecule has 6 heteroatoms. The van der Waals surface area contributed by atoms with E-state index in [1.54, 1.807) is 12.3 Å². The Balaban J connectivity index is 2.35. The summed E-state index contributed by atoms with van der Waals surface area (Å²) in [5.41, 5.74) is 0. The van der Waals surface area contributed by atoms with Gasteiger partial charge in [0.25, 0.3) is 0 Å². The third-order valence-electron chi connectivity index (χ3n) is 4.24. The number of hydrogen-bond donors (Lipinski definition) is 0. The van der Waals surface area contributed by atoms with Crippen LogP contribution in [0.25, 0.3) is 0 Å². The van der Waals surface area contributed by atoms with Crippen LogP contribution in [0.15, 0.2) is 12.3 Å². The van der Waals surface area contributed by atoms with Gasteiger partial charge in [-0.3, -0.25) is 4.79 Å². The standard InChI is InChI=1S/C16H28O5Si/c1-11(17)20-12-8-9-18-13-10-19-22(15(2,3)4,16(5,6)7)21-14(12)13/h8-9,12-14H,10H2,1-7H3. The second-order valence-corrected chi connectivity index (χ2v) is 12.8. The summed E-state index contributed by atoms with van der Waals surface area (Å²) in [7, 11) is -2.59. The van der Waals surface area contributed by atoms with Crippen molar-refractivity contribution in [2.75, 3.05) is 6.61 Å². The predicted molar refractivity (Wildman–Crippen MR) is 85.6 cm³/mol. The monoisotopic (exact) mass is 328 g/mol. The van der Waals surface area contributed by atoms with Gasteiger partial charge >= 0.3 is 14.5 Å². The van der Waals surface area contributed by atoms with Gasteiger partial charge in [-0.25, -0.2) is 0 Å². The van der Waals surface area contributed by atoms with E-state index in [9.17, 15) is 4.79 Å². The first-order valence-corrected chi connectivity index (χ1v) is 9.61. The van der Waals surface area contributed by atoms with Crippen LogP contribution < -0.4 is 0 Å². The van der Waals surface area contributed by atoms with E-state index in [2.05, 4.69) is 41.5 Å². The van der Waals surface area contributed by atoms with Crippen molar-refractivity contribution >= 4 is 14.5 Å². The van der Waals surface area contributed by atoms with E-state index in [0.717, 1.165) is 0 Å². The van der Waals surface area contributed by atoms with E-state index in [0.29, 0.717) is 6.61 Å². The molecule has 0 aromatic carbocycles. The topological polar surface area (TPSA) is 54.0 Å². The molecule has 126 valence electrons. The lowest BCUT2D eigenvalue weighted by Crippen LogP contribution is -2.67. The highest BCUT2D eigenvalue weighted by Gasteiger charge is 2.63. The molecule has 0 aliphatic carbocycles. The zero-order valence-electron chi connectivity index (χ0n) is 14.6. The highest BCUT2D eigenvalue weighted by molar-refractivity contribution is 6.73. The van der Waals surface area contributed by atoms with Gasteiger partial charge in [-0.2, -0.15) is 0 Å². The molecule has 0 saturated carbocycles. The van der Waals surface area contributed by atoms with Gasteiger partial charge in [-0.05, 0) is 6.08 Å². The van der Waals surface area contributed by atoms with Crippen LogP contribution in [0.4, 0.5) is 0 Å². The Morgan fingerprint density at radius 1 is 1.18 bits per heavy atom. The second-order valence-electron chi connectivity index (χ2n) is 8.09. The minimum atomic E-state index is -2.59. The molecule has 5 nitrogen and oxygen atoms in total. The van der Waals surface area contributed by atoms with Crippen LogP contribution in [-0.4, -0.2) is 39.4 Å². The molecule has 1 fully saturated rings. The molecule has 2 aliphatic heterocycles. The Morgan fingerprint density at radius 3 is 2.27 bits per heavy atom. The molecule has 0 amide bonds. The Hall–Kier alpha value is -0.853. The molecule has 2 heterocycles. The third-order valence-corrected chi connectivity index (χ3v) is 9.37. The zero-order chi connectivity index (χ0) is 16.8. The first-order valence-electron chi connectivity index (χ1n) is 7.79. The van der Waals surface area contributed by atoms with Crippen molar-refractivity contribution in [2.24, 2.45) is 0 Å². The molecule has 1 saturated heterocycles. The van der Waals surface area contributed by atoms with Crippen LogP contribution in [0.1, 0.15) is 48.5 Å². The van der Waals surface area contributed by atoms with Crippen LogP contribution in [0.3, 0.4) is 0 Å². The van der Waals surface area contributed by atoms with Gasteiger partial charge in [-0.1, -0.05) is 41.5 Å². The van der Waals surface area contributed by atoms with Gasteiger partial charge in [-0.15, -0.1) is 0 Å². The molecule has 0 spiro atoms. The van der Waals surface area contributed by atoms with E-state index < -0.39 is 14.7 Å². The Kier molecular flexibility index (Phi) is 4.50. The molecular weight excluding hydrogens is 300 g/mol. The summed E-state index contributed by atoms with van der Waals surface area (Å²) in [4.78, 5) is 11.4. The van der Waals surface area contributed by atoms with Crippen molar-refractivity contribution in [2.45, 2.75) is 76.9 Å². The van der Waals surface area contributed by atoms with Crippen molar-refractivity contribution in [3.63, 3.8) is 0 Å². The van der Waals surface area contributed by atoms with Crippen LogP contribution in [0.2, 0.25) is 10.1 Å². The van der Waals surface area contributed by atoms with E-state index in [-0.39, 0.29) is 28.3 Å². The quantitative estimate of drug-likeness (QED) is 0.546. The Labute approximate surface area is 134 Å². The van der Waals surface area contributed by atoms with Gasteiger partial charge in [0.15, 0.2) is 6.10 Å². The summed E-state index contributed by atoms with van der Waals surface area (Å²) in [5, 5.41) is -0.226. The number of hydrogen-bond acceptors (Lipinski definition) is 5. The summed E-state index contributed by atoms with van der Waals surface area (Å²) >= 11 is 0. The van der Waals surface area contributed by atoms with Crippen LogP contribution in [-0.2, 0) is 23.1 Å². The molecule has 0 aromatic rings. The summed E-state index contributed by atoms with van der Waals surface area (Å²) < 4.78 is 23.9. The van der Waals surface area contributed by atoms with Crippen molar-refractivity contribution in [3.05, 3.63) is 12.3 Å². The molecule has 22 heavy (non-hydrogen) atoms. The number of rotatable bonds is 1. The molecule has 0 bridgehead atoms. The second kappa shape index (κ2) is 5.65. The molecule has 2 aliphatic rings. The lowest BCUT2D eigenvalue weighted by molar-refractivity contribution is -0.164. The lowest BCUT2D eigenvalue weighted by atomic mass is 10.1. The van der Waals surface area contributed by atoms with Gasteiger partial charge in [0.1, 0.15) is 12.2 Å². The molecule has 0 aromatic heterocycles. The van der Waals surface area contributed by atoms with Crippen molar-refractivity contribution in [1.29, 1.82) is 0 Å². The number of carbonyl (C=O) groups excluding carboxylic acids is 1. The molecule has 0 radical (unpaired) electrons. The Morgan fingerprint density at radius 2 is 1.77 bits per heavy atom. The highest BCUT2D eigenvalue weighted by atomic mass is 28.4. The SMILES string of the molecule is CC(=O)OC1C=COC2CO[Si](C(C)(C)C)(C(C)(C)C)OC12. The fraction of sp³-hybridized carbons (Fsp3) is 0.812. The summed E-state index contributed by atoms with van der Waals surface area (Å²) in [5.74, 6) is -0.316. The summed E-state index contributed by atoms with van der Waals surface area (Å²) in [6.07, 6.45) is 2.35. The average molecular weight is 328 g/mol. The highest BCUT2D eigenvalue weighted by Crippen LogP contribution is 2.54. The Bertz CT molecular complexity index is 446.